The third-order valence-corrected chi connectivity index (χ3v) is 5.09. The van der Waals surface area contributed by atoms with E-state index in [1.807, 2.05) is 12.1 Å². The van der Waals surface area contributed by atoms with E-state index in [0.717, 1.165) is 18.6 Å². The number of hydrogen-bond acceptors (Lipinski definition) is 4. The van der Waals surface area contributed by atoms with Gasteiger partial charge < -0.3 is 9.84 Å². The Balaban J connectivity index is 1.72. The van der Waals surface area contributed by atoms with E-state index in [1.165, 1.54) is 22.4 Å². The number of methoxy groups -OCH3 is 1. The van der Waals surface area contributed by atoms with E-state index in [9.17, 15) is 5.11 Å². The minimum atomic E-state index is 0.109. The predicted molar refractivity (Wildman–Crippen MR) is 94.3 cm³/mol. The Labute approximate surface area is 142 Å². The highest BCUT2D eigenvalue weighted by atomic mass is 16.5. The molecular formula is C20H22N2O2. The summed E-state index contributed by atoms with van der Waals surface area (Å²) in [5.74, 6) is 1.24. The summed E-state index contributed by atoms with van der Waals surface area (Å²) in [6.45, 7) is 0.663. The van der Waals surface area contributed by atoms with Gasteiger partial charge in [0.25, 0.3) is 0 Å². The van der Waals surface area contributed by atoms with Gasteiger partial charge in [-0.05, 0) is 36.1 Å². The highest BCUT2D eigenvalue weighted by molar-refractivity contribution is 6.05. The maximum atomic E-state index is 9.47. The molecule has 1 heterocycles. The molecule has 2 aromatic carbocycles. The molecule has 4 heteroatoms. The van der Waals surface area contributed by atoms with E-state index in [0.29, 0.717) is 12.5 Å². The van der Waals surface area contributed by atoms with Gasteiger partial charge in [0.2, 0.25) is 0 Å². The number of aryl methyl sites for hydroxylation is 1. The van der Waals surface area contributed by atoms with Crippen molar-refractivity contribution in [2.45, 2.75) is 18.9 Å². The summed E-state index contributed by atoms with van der Waals surface area (Å²) in [6.07, 6.45) is 2.17. The molecule has 1 aliphatic carbocycles. The van der Waals surface area contributed by atoms with Crippen LogP contribution < -0.4 is 4.74 Å². The Hall–Kier alpha value is -2.33. The number of rotatable bonds is 4. The maximum Gasteiger partial charge on any atom is 0.118 e. The topological polar surface area (TPSA) is 45.1 Å². The fourth-order valence-corrected chi connectivity index (χ4v) is 3.98. The van der Waals surface area contributed by atoms with E-state index < -0.39 is 0 Å². The molecule has 0 radical (unpaired) electrons. The molecule has 0 bridgehead atoms. The van der Waals surface area contributed by atoms with Crippen LogP contribution >= 0.6 is 0 Å². The van der Waals surface area contributed by atoms with Gasteiger partial charge in [0.1, 0.15) is 5.75 Å². The van der Waals surface area contributed by atoms with E-state index >= 15 is 0 Å². The SMILES string of the molecule is COc1ccc(C2C3CCc4ccccc4C3=NN2CCO)cc1. The quantitative estimate of drug-likeness (QED) is 0.941. The summed E-state index contributed by atoms with van der Waals surface area (Å²) in [7, 11) is 1.68. The van der Waals surface area contributed by atoms with Gasteiger partial charge in [-0.25, -0.2) is 0 Å². The van der Waals surface area contributed by atoms with Crippen LogP contribution in [0.2, 0.25) is 0 Å². The first-order valence-corrected chi connectivity index (χ1v) is 8.50. The van der Waals surface area contributed by atoms with Crippen molar-refractivity contribution in [3.63, 3.8) is 0 Å². The third kappa shape index (κ3) is 2.47. The van der Waals surface area contributed by atoms with Crippen molar-refractivity contribution in [3.8, 4) is 5.75 Å². The van der Waals surface area contributed by atoms with E-state index in [1.54, 1.807) is 7.11 Å². The lowest BCUT2D eigenvalue weighted by molar-refractivity contribution is 0.152. The van der Waals surface area contributed by atoms with Gasteiger partial charge in [0.15, 0.2) is 0 Å². The Morgan fingerprint density at radius 3 is 2.71 bits per heavy atom. The Morgan fingerprint density at radius 1 is 1.17 bits per heavy atom. The Kier molecular flexibility index (Phi) is 3.98. The zero-order valence-corrected chi connectivity index (χ0v) is 13.9. The van der Waals surface area contributed by atoms with Crippen LogP contribution in [0.25, 0.3) is 0 Å². The largest absolute Gasteiger partial charge is 0.497 e. The fourth-order valence-electron chi connectivity index (χ4n) is 3.98. The average molecular weight is 322 g/mol. The minimum Gasteiger partial charge on any atom is -0.497 e. The summed E-state index contributed by atoms with van der Waals surface area (Å²) in [5, 5.41) is 16.4. The predicted octanol–water partition coefficient (Wildman–Crippen LogP) is 3.01. The number of aliphatic hydroxyl groups is 1. The van der Waals surface area contributed by atoms with Gasteiger partial charge in [-0.2, -0.15) is 5.10 Å². The zero-order valence-electron chi connectivity index (χ0n) is 13.9. The van der Waals surface area contributed by atoms with Crippen molar-refractivity contribution in [1.29, 1.82) is 0 Å². The number of hydrogen-bond donors (Lipinski definition) is 1. The standard InChI is InChI=1S/C20H22N2O2/c1-24-16-9-6-15(7-10-16)20-18-11-8-14-4-2-3-5-17(14)19(18)21-22(20)12-13-23/h2-7,9-10,18,20,23H,8,11-13H2,1H3. The van der Waals surface area contributed by atoms with Crippen molar-refractivity contribution < 1.29 is 9.84 Å². The van der Waals surface area contributed by atoms with Gasteiger partial charge in [-0.3, -0.25) is 5.01 Å². The number of fused-ring (bicyclic) bond motifs is 3. The molecule has 0 fully saturated rings. The lowest BCUT2D eigenvalue weighted by atomic mass is 9.77. The molecule has 2 unspecified atom stereocenters. The van der Waals surface area contributed by atoms with Crippen molar-refractivity contribution in [3.05, 3.63) is 65.2 Å². The summed E-state index contributed by atoms with van der Waals surface area (Å²) >= 11 is 0. The van der Waals surface area contributed by atoms with Crippen molar-refractivity contribution in [1.82, 2.24) is 5.01 Å². The lowest BCUT2D eigenvalue weighted by Crippen LogP contribution is -2.30. The average Bonchev–Trinajstić information content (AvgIpc) is 3.00. The van der Waals surface area contributed by atoms with Crippen LogP contribution in [0.15, 0.2) is 53.6 Å². The molecule has 124 valence electrons. The van der Waals surface area contributed by atoms with Gasteiger partial charge in [-0.15, -0.1) is 0 Å². The highest BCUT2D eigenvalue weighted by Gasteiger charge is 2.40. The van der Waals surface area contributed by atoms with E-state index in [4.69, 9.17) is 9.84 Å². The van der Waals surface area contributed by atoms with Crippen LogP contribution in [0.5, 0.6) is 5.75 Å². The van der Waals surface area contributed by atoms with Crippen LogP contribution in [0, 0.1) is 5.92 Å². The molecular weight excluding hydrogens is 300 g/mol. The second-order valence-corrected chi connectivity index (χ2v) is 6.39. The van der Waals surface area contributed by atoms with Gasteiger partial charge >= 0.3 is 0 Å². The number of benzene rings is 2. The summed E-state index contributed by atoms with van der Waals surface area (Å²) in [5.41, 5.74) is 5.05. The molecule has 2 aliphatic rings. The van der Waals surface area contributed by atoms with Crippen LogP contribution in [0.1, 0.15) is 29.2 Å². The molecule has 0 amide bonds. The number of aliphatic hydroxyl groups excluding tert-OH is 1. The van der Waals surface area contributed by atoms with Crippen LogP contribution in [0.3, 0.4) is 0 Å². The van der Waals surface area contributed by atoms with Crippen LogP contribution in [0.4, 0.5) is 0 Å². The monoisotopic (exact) mass is 322 g/mol. The second kappa shape index (κ2) is 6.29. The first-order valence-electron chi connectivity index (χ1n) is 8.50. The molecule has 4 rings (SSSR count). The normalized spacial score (nSPS) is 21.9. The summed E-state index contributed by atoms with van der Waals surface area (Å²) in [4.78, 5) is 0. The summed E-state index contributed by atoms with van der Waals surface area (Å²) in [6, 6.07) is 17.0. The number of ether oxygens (including phenoxy) is 1. The number of hydrazone groups is 1. The molecule has 0 spiro atoms. The Morgan fingerprint density at radius 2 is 1.96 bits per heavy atom. The fraction of sp³-hybridized carbons (Fsp3) is 0.350. The molecule has 2 atom stereocenters. The summed E-state index contributed by atoms with van der Waals surface area (Å²) < 4.78 is 5.28. The first-order chi connectivity index (χ1) is 11.8. The highest BCUT2D eigenvalue weighted by Crippen LogP contribution is 2.43. The van der Waals surface area contributed by atoms with Gasteiger partial charge in [0.05, 0.1) is 32.0 Å². The zero-order chi connectivity index (χ0) is 16.5. The number of nitrogens with zero attached hydrogens (tertiary/aromatic N) is 2. The van der Waals surface area contributed by atoms with E-state index in [2.05, 4.69) is 41.4 Å². The lowest BCUT2D eigenvalue weighted by Gasteiger charge is -2.30. The molecule has 24 heavy (non-hydrogen) atoms. The van der Waals surface area contributed by atoms with Crippen molar-refractivity contribution in [2.75, 3.05) is 20.3 Å². The molecule has 4 nitrogen and oxygen atoms in total. The first kappa shape index (κ1) is 15.2. The number of β-amino-alcohol motifs (C(OH)–C–C–N with tert-alkyl or cyclic N) is 1. The molecule has 1 aliphatic heterocycles. The molecule has 1 N–H and O–H groups in total. The van der Waals surface area contributed by atoms with Gasteiger partial charge in [0, 0.05) is 11.5 Å². The molecule has 0 saturated carbocycles. The smallest absolute Gasteiger partial charge is 0.118 e. The molecule has 2 aromatic rings. The van der Waals surface area contributed by atoms with Crippen molar-refractivity contribution in [2.24, 2.45) is 11.0 Å². The Bertz CT molecular complexity index is 754. The maximum absolute atomic E-state index is 9.47. The van der Waals surface area contributed by atoms with Crippen LogP contribution in [-0.4, -0.2) is 36.1 Å². The molecule has 0 aromatic heterocycles. The molecule has 0 saturated heterocycles. The van der Waals surface area contributed by atoms with E-state index in [-0.39, 0.29) is 12.6 Å². The van der Waals surface area contributed by atoms with Crippen molar-refractivity contribution >= 4 is 5.71 Å². The van der Waals surface area contributed by atoms with Crippen LogP contribution in [-0.2, 0) is 6.42 Å². The minimum absolute atomic E-state index is 0.109. The third-order valence-electron chi connectivity index (χ3n) is 5.09. The van der Waals surface area contributed by atoms with Gasteiger partial charge in [-0.1, -0.05) is 36.4 Å². The second-order valence-electron chi connectivity index (χ2n) is 6.39.